The van der Waals surface area contributed by atoms with E-state index in [1.807, 2.05) is 0 Å². The molecule has 0 saturated heterocycles. The Morgan fingerprint density at radius 1 is 1.55 bits per heavy atom. The number of nitrogens with zero attached hydrogens (tertiary/aromatic N) is 1. The van der Waals surface area contributed by atoms with E-state index >= 15 is 0 Å². The minimum Gasteiger partial charge on any atom is -0.494 e. The normalized spacial score (nSPS) is 10.6. The zero-order chi connectivity index (χ0) is 15.0. The summed E-state index contributed by atoms with van der Waals surface area (Å²) in [6, 6.07) is 4.43. The number of amides is 1. The maximum absolute atomic E-state index is 13.5. The van der Waals surface area contributed by atoms with Gasteiger partial charge in [-0.3, -0.25) is 4.79 Å². The third-order valence-electron chi connectivity index (χ3n) is 2.63. The molecule has 0 atom stereocenters. The maximum Gasteiger partial charge on any atom is 0.246 e. The van der Waals surface area contributed by atoms with Gasteiger partial charge in [0.1, 0.15) is 0 Å². The molecule has 0 aromatic heterocycles. The van der Waals surface area contributed by atoms with Crippen LogP contribution in [0.1, 0.15) is 5.56 Å². The summed E-state index contributed by atoms with van der Waals surface area (Å²) >= 11 is 0. The molecule has 4 nitrogen and oxygen atoms in total. The Morgan fingerprint density at radius 2 is 2.30 bits per heavy atom. The second kappa shape index (κ2) is 8.12. The second-order valence-corrected chi connectivity index (χ2v) is 4.02. The zero-order valence-electron chi connectivity index (χ0n) is 11.4. The van der Waals surface area contributed by atoms with Crippen LogP contribution in [0.3, 0.4) is 0 Å². The molecule has 0 spiro atoms. The van der Waals surface area contributed by atoms with Crippen molar-refractivity contribution in [1.29, 1.82) is 0 Å². The highest BCUT2D eigenvalue weighted by atomic mass is 19.1. The van der Waals surface area contributed by atoms with Crippen LogP contribution in [0.15, 0.2) is 36.9 Å². The first kappa shape index (κ1) is 15.9. The maximum atomic E-state index is 13.5. The van der Waals surface area contributed by atoms with Gasteiger partial charge in [0.2, 0.25) is 5.91 Å². The van der Waals surface area contributed by atoms with Gasteiger partial charge in [-0.05, 0) is 23.8 Å². The highest BCUT2D eigenvalue weighted by molar-refractivity contribution is 5.91. The highest BCUT2D eigenvalue weighted by Crippen LogP contribution is 2.18. The summed E-state index contributed by atoms with van der Waals surface area (Å²) in [5, 5.41) is 8.88. The number of methoxy groups -OCH3 is 1. The molecule has 0 aliphatic rings. The number of aliphatic hydroxyl groups is 1. The lowest BCUT2D eigenvalue weighted by molar-refractivity contribution is -0.125. The summed E-state index contributed by atoms with van der Waals surface area (Å²) in [5.41, 5.74) is 0.555. The van der Waals surface area contributed by atoms with Crippen molar-refractivity contribution in [1.82, 2.24) is 4.90 Å². The summed E-state index contributed by atoms with van der Waals surface area (Å²) in [6.07, 6.45) is 4.42. The van der Waals surface area contributed by atoms with E-state index in [2.05, 4.69) is 6.58 Å². The average molecular weight is 279 g/mol. The van der Waals surface area contributed by atoms with Crippen LogP contribution in [-0.2, 0) is 4.79 Å². The summed E-state index contributed by atoms with van der Waals surface area (Å²) in [5.74, 6) is -0.599. The lowest BCUT2D eigenvalue weighted by Crippen LogP contribution is -2.32. The van der Waals surface area contributed by atoms with Gasteiger partial charge in [-0.1, -0.05) is 12.1 Å². The van der Waals surface area contributed by atoms with Crippen molar-refractivity contribution in [2.75, 3.05) is 26.8 Å². The van der Waals surface area contributed by atoms with E-state index in [0.29, 0.717) is 12.1 Å². The lowest BCUT2D eigenvalue weighted by atomic mass is 10.2. The van der Waals surface area contributed by atoms with Crippen LogP contribution in [0.4, 0.5) is 4.39 Å². The molecule has 1 aromatic rings. The second-order valence-electron chi connectivity index (χ2n) is 4.02. The molecule has 108 valence electrons. The molecule has 20 heavy (non-hydrogen) atoms. The van der Waals surface area contributed by atoms with Crippen molar-refractivity contribution in [2.24, 2.45) is 0 Å². The predicted octanol–water partition coefficient (Wildman–Crippen LogP) is 1.85. The summed E-state index contributed by atoms with van der Waals surface area (Å²) in [6.45, 7) is 4.01. The number of carbonyl (C=O) groups excluding carboxylic acids is 1. The van der Waals surface area contributed by atoms with E-state index in [0.717, 1.165) is 0 Å². The molecule has 0 aliphatic heterocycles. The van der Waals surface area contributed by atoms with Gasteiger partial charge in [0.15, 0.2) is 11.6 Å². The van der Waals surface area contributed by atoms with E-state index < -0.39 is 5.82 Å². The largest absolute Gasteiger partial charge is 0.494 e. The van der Waals surface area contributed by atoms with Crippen LogP contribution < -0.4 is 4.74 Å². The molecule has 1 aromatic carbocycles. The Hall–Kier alpha value is -2.14. The zero-order valence-corrected chi connectivity index (χ0v) is 11.4. The van der Waals surface area contributed by atoms with E-state index in [1.54, 1.807) is 12.1 Å². The number of carbonyl (C=O) groups is 1. The number of hydrogen-bond acceptors (Lipinski definition) is 3. The Kier molecular flexibility index (Phi) is 6.46. The van der Waals surface area contributed by atoms with Crippen LogP contribution in [-0.4, -0.2) is 42.7 Å². The fourth-order valence-electron chi connectivity index (χ4n) is 1.63. The number of aliphatic hydroxyl groups excluding tert-OH is 1. The fourth-order valence-corrected chi connectivity index (χ4v) is 1.63. The number of ether oxygens (including phenoxy) is 1. The average Bonchev–Trinajstić information content (AvgIpc) is 2.44. The molecule has 0 bridgehead atoms. The van der Waals surface area contributed by atoms with Gasteiger partial charge in [0.05, 0.1) is 13.7 Å². The third-order valence-corrected chi connectivity index (χ3v) is 2.63. The molecule has 0 fully saturated rings. The molecular formula is C15H18FNO3. The van der Waals surface area contributed by atoms with Crippen LogP contribution in [0.5, 0.6) is 5.75 Å². The van der Waals surface area contributed by atoms with E-state index in [9.17, 15) is 9.18 Å². The summed E-state index contributed by atoms with van der Waals surface area (Å²) < 4.78 is 18.3. The SMILES string of the molecule is C=CCN(CCO)C(=O)/C=C/c1ccc(OC)c(F)c1. The van der Waals surface area contributed by atoms with Crippen LogP contribution in [0, 0.1) is 5.82 Å². The van der Waals surface area contributed by atoms with Crippen molar-refractivity contribution >= 4 is 12.0 Å². The fraction of sp³-hybridized carbons (Fsp3) is 0.267. The van der Waals surface area contributed by atoms with Crippen molar-refractivity contribution in [3.8, 4) is 5.75 Å². The standard InChI is InChI=1S/C15H18FNO3/c1-3-8-17(9-10-18)15(19)7-5-12-4-6-14(20-2)13(16)11-12/h3-7,11,18H,1,8-10H2,2H3/b7-5+. The quantitative estimate of drug-likeness (QED) is 0.612. The minimum atomic E-state index is -0.486. The Morgan fingerprint density at radius 3 is 2.85 bits per heavy atom. The van der Waals surface area contributed by atoms with Crippen molar-refractivity contribution in [3.63, 3.8) is 0 Å². The number of rotatable bonds is 7. The molecule has 0 radical (unpaired) electrons. The Balaban J connectivity index is 2.77. The molecule has 0 heterocycles. The number of benzene rings is 1. The molecule has 1 N–H and O–H groups in total. The molecule has 0 saturated carbocycles. The van der Waals surface area contributed by atoms with Crippen LogP contribution in [0.2, 0.25) is 0 Å². The number of halogens is 1. The molecule has 1 rings (SSSR count). The van der Waals surface area contributed by atoms with Gasteiger partial charge in [-0.25, -0.2) is 4.39 Å². The highest BCUT2D eigenvalue weighted by Gasteiger charge is 2.08. The van der Waals surface area contributed by atoms with E-state index in [4.69, 9.17) is 9.84 Å². The Bertz CT molecular complexity index is 500. The third kappa shape index (κ3) is 4.51. The van der Waals surface area contributed by atoms with Gasteiger partial charge in [0.25, 0.3) is 0 Å². The molecular weight excluding hydrogens is 261 g/mol. The molecule has 0 unspecified atom stereocenters. The first-order valence-electron chi connectivity index (χ1n) is 6.14. The van der Waals surface area contributed by atoms with E-state index in [-0.39, 0.29) is 24.8 Å². The van der Waals surface area contributed by atoms with Crippen LogP contribution >= 0.6 is 0 Å². The van der Waals surface area contributed by atoms with Crippen molar-refractivity contribution in [2.45, 2.75) is 0 Å². The summed E-state index contributed by atoms with van der Waals surface area (Å²) in [4.78, 5) is 13.3. The van der Waals surface area contributed by atoms with Gasteiger partial charge < -0.3 is 14.7 Å². The number of hydrogen-bond donors (Lipinski definition) is 1. The van der Waals surface area contributed by atoms with Crippen molar-refractivity contribution < 1.29 is 19.0 Å². The van der Waals surface area contributed by atoms with Gasteiger partial charge in [-0.15, -0.1) is 6.58 Å². The van der Waals surface area contributed by atoms with Crippen molar-refractivity contribution in [3.05, 3.63) is 48.3 Å². The van der Waals surface area contributed by atoms with Gasteiger partial charge >= 0.3 is 0 Å². The first-order chi connectivity index (χ1) is 9.62. The smallest absolute Gasteiger partial charge is 0.246 e. The van der Waals surface area contributed by atoms with Gasteiger partial charge in [-0.2, -0.15) is 0 Å². The predicted molar refractivity (Wildman–Crippen MR) is 75.8 cm³/mol. The summed E-state index contributed by atoms with van der Waals surface area (Å²) in [7, 11) is 1.39. The lowest BCUT2D eigenvalue weighted by Gasteiger charge is -2.17. The van der Waals surface area contributed by atoms with Gasteiger partial charge in [0, 0.05) is 19.2 Å². The Labute approximate surface area is 117 Å². The monoisotopic (exact) mass is 279 g/mol. The molecule has 1 amide bonds. The van der Waals surface area contributed by atoms with Crippen LogP contribution in [0.25, 0.3) is 6.08 Å². The van der Waals surface area contributed by atoms with E-state index in [1.165, 1.54) is 36.3 Å². The molecule has 0 aliphatic carbocycles. The topological polar surface area (TPSA) is 49.8 Å². The molecule has 5 heteroatoms. The minimum absolute atomic E-state index is 0.120. The first-order valence-corrected chi connectivity index (χ1v) is 6.14.